The summed E-state index contributed by atoms with van der Waals surface area (Å²) in [5, 5.41) is 4.40. The minimum atomic E-state index is 0.297. The van der Waals surface area contributed by atoms with E-state index in [1.54, 1.807) is 0 Å². The highest BCUT2D eigenvalue weighted by Gasteiger charge is 2.11. The first-order valence-electron chi connectivity index (χ1n) is 7.69. The van der Waals surface area contributed by atoms with Crippen molar-refractivity contribution >= 4 is 11.6 Å². The maximum absolute atomic E-state index is 6.08. The second-order valence-corrected chi connectivity index (χ2v) is 5.83. The van der Waals surface area contributed by atoms with Gasteiger partial charge in [0.1, 0.15) is 0 Å². The van der Waals surface area contributed by atoms with Crippen molar-refractivity contribution < 1.29 is 4.74 Å². The summed E-state index contributed by atoms with van der Waals surface area (Å²) in [5.74, 6) is 0. The Kier molecular flexibility index (Phi) is 7.24. The third kappa shape index (κ3) is 5.79. The maximum Gasteiger partial charge on any atom is 0.0594 e. The van der Waals surface area contributed by atoms with E-state index in [-0.39, 0.29) is 0 Å². The highest BCUT2D eigenvalue weighted by Crippen LogP contribution is 2.20. The van der Waals surface area contributed by atoms with E-state index in [2.05, 4.69) is 22.9 Å². The van der Waals surface area contributed by atoms with E-state index in [9.17, 15) is 0 Å². The molecule has 4 heteroatoms. The monoisotopic (exact) mass is 308 g/mol. The summed E-state index contributed by atoms with van der Waals surface area (Å²) in [6.45, 7) is 9.85. The molecule has 1 saturated heterocycles. The van der Waals surface area contributed by atoms with Gasteiger partial charge in [-0.05, 0) is 43.6 Å². The average Bonchev–Trinajstić information content (AvgIpc) is 2.51. The third-order valence-corrected chi connectivity index (χ3v) is 4.03. The fraction of sp³-hybridized carbons (Fsp3) is 0.529. The van der Waals surface area contributed by atoms with Crippen molar-refractivity contribution in [2.24, 2.45) is 0 Å². The largest absolute Gasteiger partial charge is 0.379 e. The molecule has 0 spiro atoms. The van der Waals surface area contributed by atoms with E-state index in [0.29, 0.717) is 6.04 Å². The highest BCUT2D eigenvalue weighted by molar-refractivity contribution is 6.30. The van der Waals surface area contributed by atoms with Crippen molar-refractivity contribution in [2.75, 3.05) is 39.4 Å². The van der Waals surface area contributed by atoms with E-state index in [4.69, 9.17) is 16.3 Å². The predicted octanol–water partition coefficient (Wildman–Crippen LogP) is 3.27. The number of benzene rings is 1. The first kappa shape index (κ1) is 16.5. The summed E-state index contributed by atoms with van der Waals surface area (Å²) in [4.78, 5) is 2.47. The number of nitrogens with zero attached hydrogens (tertiary/aromatic N) is 1. The molecule has 1 aromatic rings. The van der Waals surface area contributed by atoms with Crippen LogP contribution in [0.2, 0.25) is 5.02 Å². The number of ether oxygens (including phenoxy) is 1. The molecule has 1 N–H and O–H groups in total. The lowest BCUT2D eigenvalue weighted by Gasteiger charge is -2.27. The quantitative estimate of drug-likeness (QED) is 0.589. The topological polar surface area (TPSA) is 24.5 Å². The van der Waals surface area contributed by atoms with Gasteiger partial charge in [-0.3, -0.25) is 4.90 Å². The molecule has 0 aliphatic carbocycles. The molecule has 0 amide bonds. The van der Waals surface area contributed by atoms with Crippen LogP contribution in [0.25, 0.3) is 0 Å². The maximum atomic E-state index is 6.08. The zero-order valence-corrected chi connectivity index (χ0v) is 13.3. The van der Waals surface area contributed by atoms with Crippen LogP contribution in [0.1, 0.15) is 24.4 Å². The van der Waals surface area contributed by atoms with Gasteiger partial charge in [-0.15, -0.1) is 6.58 Å². The van der Waals surface area contributed by atoms with Crippen LogP contribution < -0.4 is 5.32 Å². The van der Waals surface area contributed by atoms with Gasteiger partial charge in [0.2, 0.25) is 0 Å². The van der Waals surface area contributed by atoms with Crippen molar-refractivity contribution in [3.8, 4) is 0 Å². The Balaban J connectivity index is 1.76. The van der Waals surface area contributed by atoms with E-state index in [0.717, 1.165) is 57.3 Å². The summed E-state index contributed by atoms with van der Waals surface area (Å²) < 4.78 is 5.36. The highest BCUT2D eigenvalue weighted by atomic mass is 35.5. The van der Waals surface area contributed by atoms with Crippen LogP contribution in [0.15, 0.2) is 36.9 Å². The number of nitrogens with one attached hydrogen (secondary N) is 1. The van der Waals surface area contributed by atoms with E-state index < -0.39 is 0 Å². The minimum absolute atomic E-state index is 0.297. The second-order valence-electron chi connectivity index (χ2n) is 5.39. The van der Waals surface area contributed by atoms with Gasteiger partial charge in [-0.25, -0.2) is 0 Å². The Morgan fingerprint density at radius 3 is 2.90 bits per heavy atom. The summed E-state index contributed by atoms with van der Waals surface area (Å²) in [6, 6.07) is 8.36. The molecule has 116 valence electrons. The van der Waals surface area contributed by atoms with Gasteiger partial charge in [-0.2, -0.15) is 0 Å². The number of halogens is 1. The summed E-state index contributed by atoms with van der Waals surface area (Å²) in [7, 11) is 0. The van der Waals surface area contributed by atoms with Crippen LogP contribution in [0.3, 0.4) is 0 Å². The molecule has 0 radical (unpaired) electrons. The molecule has 1 aliphatic heterocycles. The number of morpholine rings is 1. The van der Waals surface area contributed by atoms with Gasteiger partial charge >= 0.3 is 0 Å². The Morgan fingerprint density at radius 1 is 1.38 bits per heavy atom. The number of hydrogen-bond donors (Lipinski definition) is 1. The van der Waals surface area contributed by atoms with Crippen molar-refractivity contribution in [1.29, 1.82) is 0 Å². The fourth-order valence-corrected chi connectivity index (χ4v) is 2.83. The lowest BCUT2D eigenvalue weighted by atomic mass is 10.0. The van der Waals surface area contributed by atoms with Crippen molar-refractivity contribution in [3.05, 3.63) is 47.5 Å². The predicted molar refractivity (Wildman–Crippen MR) is 88.9 cm³/mol. The zero-order chi connectivity index (χ0) is 14.9. The Labute approximate surface area is 132 Å². The standard InChI is InChI=1S/C17H25ClN2O/c1-2-5-17(15-6-3-7-16(18)14-15)19-8-4-9-20-10-12-21-13-11-20/h2-3,6-7,14,17,19H,1,4-5,8-13H2. The number of hydrogen-bond acceptors (Lipinski definition) is 3. The SMILES string of the molecule is C=CCC(NCCCN1CCOCC1)c1cccc(Cl)c1. The van der Waals surface area contributed by atoms with Crippen LogP contribution in [0.5, 0.6) is 0 Å². The van der Waals surface area contributed by atoms with Crippen molar-refractivity contribution in [3.63, 3.8) is 0 Å². The van der Waals surface area contributed by atoms with Crippen LogP contribution in [0.4, 0.5) is 0 Å². The van der Waals surface area contributed by atoms with Gasteiger partial charge < -0.3 is 10.1 Å². The van der Waals surface area contributed by atoms with E-state index >= 15 is 0 Å². The third-order valence-electron chi connectivity index (χ3n) is 3.80. The second kappa shape index (κ2) is 9.21. The van der Waals surface area contributed by atoms with Gasteiger partial charge in [0.05, 0.1) is 13.2 Å². The van der Waals surface area contributed by atoms with Gasteiger partial charge in [0.25, 0.3) is 0 Å². The molecule has 3 nitrogen and oxygen atoms in total. The van der Waals surface area contributed by atoms with Crippen molar-refractivity contribution in [1.82, 2.24) is 10.2 Å². The molecule has 0 aromatic heterocycles. The van der Waals surface area contributed by atoms with Crippen LogP contribution >= 0.6 is 11.6 Å². The summed E-state index contributed by atoms with van der Waals surface area (Å²) >= 11 is 6.08. The molecule has 1 unspecified atom stereocenters. The van der Waals surface area contributed by atoms with Gasteiger partial charge in [0.15, 0.2) is 0 Å². The number of rotatable bonds is 8. The molecule has 1 aliphatic rings. The van der Waals surface area contributed by atoms with E-state index in [1.165, 1.54) is 5.56 Å². The van der Waals surface area contributed by atoms with Crippen LogP contribution in [-0.2, 0) is 4.74 Å². The molecule has 2 rings (SSSR count). The molecule has 1 heterocycles. The Hall–Kier alpha value is -0.870. The molecule has 1 fully saturated rings. The average molecular weight is 309 g/mol. The molecular formula is C17H25ClN2O. The minimum Gasteiger partial charge on any atom is -0.379 e. The molecule has 0 bridgehead atoms. The van der Waals surface area contributed by atoms with Crippen molar-refractivity contribution in [2.45, 2.75) is 18.9 Å². The van der Waals surface area contributed by atoms with E-state index in [1.807, 2.05) is 24.3 Å². The lowest BCUT2D eigenvalue weighted by molar-refractivity contribution is 0.0374. The Morgan fingerprint density at radius 2 is 2.19 bits per heavy atom. The molecule has 0 saturated carbocycles. The molecule has 1 atom stereocenters. The fourth-order valence-electron chi connectivity index (χ4n) is 2.63. The van der Waals surface area contributed by atoms with Crippen LogP contribution in [-0.4, -0.2) is 44.3 Å². The van der Waals surface area contributed by atoms with Gasteiger partial charge in [0, 0.05) is 24.2 Å². The molecular weight excluding hydrogens is 284 g/mol. The molecule has 1 aromatic carbocycles. The smallest absolute Gasteiger partial charge is 0.0594 e. The zero-order valence-electron chi connectivity index (χ0n) is 12.6. The lowest BCUT2D eigenvalue weighted by Crippen LogP contribution is -2.38. The molecule has 21 heavy (non-hydrogen) atoms. The Bertz CT molecular complexity index is 433. The summed E-state index contributed by atoms with van der Waals surface area (Å²) in [6.07, 6.45) is 4.02. The van der Waals surface area contributed by atoms with Crippen LogP contribution in [0, 0.1) is 0 Å². The first-order chi connectivity index (χ1) is 10.3. The first-order valence-corrected chi connectivity index (χ1v) is 8.07. The normalized spacial score (nSPS) is 17.6. The summed E-state index contributed by atoms with van der Waals surface area (Å²) in [5.41, 5.74) is 1.23. The van der Waals surface area contributed by atoms with Gasteiger partial charge in [-0.1, -0.05) is 29.8 Å².